The SMILES string of the molecule is CCC1=C(/C=C\C(C)(C)C)C(C)(C)C2=C(C=C1)C(C)(C)/C=C\C=C(C)C2. The molecule has 0 aromatic heterocycles. The van der Waals surface area contributed by atoms with Crippen molar-refractivity contribution in [1.29, 1.82) is 0 Å². The Morgan fingerprint density at radius 2 is 1.73 bits per heavy atom. The summed E-state index contributed by atoms with van der Waals surface area (Å²) in [5.74, 6) is 0. The van der Waals surface area contributed by atoms with Gasteiger partial charge in [-0.3, -0.25) is 0 Å². The molecule has 0 aliphatic heterocycles. The monoisotopic (exact) mass is 350 g/mol. The minimum atomic E-state index is 0.0173. The van der Waals surface area contributed by atoms with Crippen molar-refractivity contribution in [3.63, 3.8) is 0 Å². The van der Waals surface area contributed by atoms with Crippen LogP contribution in [0.5, 0.6) is 0 Å². The summed E-state index contributed by atoms with van der Waals surface area (Å²) in [5.41, 5.74) is 7.67. The molecule has 0 N–H and O–H groups in total. The number of hydrogen-bond donors (Lipinski definition) is 0. The quantitative estimate of drug-likeness (QED) is 0.471. The van der Waals surface area contributed by atoms with Crippen LogP contribution in [0.2, 0.25) is 0 Å². The van der Waals surface area contributed by atoms with Gasteiger partial charge in [0.25, 0.3) is 0 Å². The topological polar surface area (TPSA) is 0 Å². The minimum absolute atomic E-state index is 0.0173. The van der Waals surface area contributed by atoms with E-state index in [9.17, 15) is 0 Å². The lowest BCUT2D eigenvalue weighted by Crippen LogP contribution is -2.24. The van der Waals surface area contributed by atoms with Crippen LogP contribution < -0.4 is 0 Å². The van der Waals surface area contributed by atoms with E-state index in [-0.39, 0.29) is 16.2 Å². The highest BCUT2D eigenvalue weighted by atomic mass is 14.4. The molecular formula is C26H38. The van der Waals surface area contributed by atoms with E-state index in [0.717, 1.165) is 12.8 Å². The minimum Gasteiger partial charge on any atom is -0.0788 e. The number of hydrogen-bond acceptors (Lipinski definition) is 0. The molecule has 0 amide bonds. The smallest absolute Gasteiger partial charge is 0.0117 e. The van der Waals surface area contributed by atoms with Gasteiger partial charge in [-0.05, 0) is 41.9 Å². The highest BCUT2D eigenvalue weighted by Gasteiger charge is 2.35. The summed E-state index contributed by atoms with van der Waals surface area (Å²) in [7, 11) is 0. The molecule has 142 valence electrons. The molecule has 2 aliphatic carbocycles. The first-order valence-electron chi connectivity index (χ1n) is 10.1. The molecule has 0 atom stereocenters. The summed E-state index contributed by atoms with van der Waals surface area (Å²) in [6, 6.07) is 0. The molecule has 0 spiro atoms. The van der Waals surface area contributed by atoms with E-state index in [0.29, 0.717) is 0 Å². The molecule has 2 rings (SSSR count). The van der Waals surface area contributed by atoms with Gasteiger partial charge in [0.15, 0.2) is 0 Å². The van der Waals surface area contributed by atoms with Crippen LogP contribution >= 0.6 is 0 Å². The predicted octanol–water partition coefficient (Wildman–Crippen LogP) is 8.12. The average molecular weight is 351 g/mol. The standard InChI is InChI=1S/C26H38/c1-10-20-13-14-22-23(18-19(2)12-11-16-25(22,6)7)26(8,9)21(20)15-17-24(3,4)5/h11-17H,10,18H2,1-9H3/b16-11-,17-15-,19-12?. The molecule has 0 aromatic rings. The normalized spacial score (nSPS) is 24.1. The molecule has 0 heteroatoms. The van der Waals surface area contributed by atoms with Gasteiger partial charge in [0.2, 0.25) is 0 Å². The fraction of sp³-hybridized carbons (Fsp3) is 0.538. The maximum atomic E-state index is 2.42. The van der Waals surface area contributed by atoms with Gasteiger partial charge in [-0.1, -0.05) is 109 Å². The van der Waals surface area contributed by atoms with Gasteiger partial charge in [-0.15, -0.1) is 0 Å². The van der Waals surface area contributed by atoms with Crippen molar-refractivity contribution < 1.29 is 0 Å². The zero-order valence-corrected chi connectivity index (χ0v) is 18.5. The first-order chi connectivity index (χ1) is 11.9. The molecular weight excluding hydrogens is 312 g/mol. The molecule has 0 bridgehead atoms. The van der Waals surface area contributed by atoms with Crippen molar-refractivity contribution in [3.8, 4) is 0 Å². The Morgan fingerprint density at radius 3 is 2.31 bits per heavy atom. The van der Waals surface area contributed by atoms with Crippen LogP contribution in [0.3, 0.4) is 0 Å². The Kier molecular flexibility index (Phi) is 5.76. The van der Waals surface area contributed by atoms with Gasteiger partial charge in [0.1, 0.15) is 0 Å². The van der Waals surface area contributed by atoms with E-state index in [4.69, 9.17) is 0 Å². The van der Waals surface area contributed by atoms with Gasteiger partial charge in [0.05, 0.1) is 0 Å². The molecule has 0 saturated heterocycles. The van der Waals surface area contributed by atoms with E-state index in [1.807, 2.05) is 0 Å². The number of allylic oxidation sites excluding steroid dienone is 12. The maximum absolute atomic E-state index is 2.42. The van der Waals surface area contributed by atoms with Crippen LogP contribution in [-0.2, 0) is 0 Å². The van der Waals surface area contributed by atoms with E-state index >= 15 is 0 Å². The molecule has 0 radical (unpaired) electrons. The van der Waals surface area contributed by atoms with Crippen LogP contribution in [0.4, 0.5) is 0 Å². The largest absolute Gasteiger partial charge is 0.0788 e. The zero-order valence-electron chi connectivity index (χ0n) is 18.5. The van der Waals surface area contributed by atoms with E-state index in [1.54, 1.807) is 5.57 Å². The van der Waals surface area contributed by atoms with Gasteiger partial charge in [-0.2, -0.15) is 0 Å². The van der Waals surface area contributed by atoms with Crippen LogP contribution in [0.15, 0.2) is 70.4 Å². The third kappa shape index (κ3) is 4.40. The molecule has 0 aromatic carbocycles. The van der Waals surface area contributed by atoms with E-state index in [2.05, 4.69) is 105 Å². The van der Waals surface area contributed by atoms with Crippen molar-refractivity contribution in [2.75, 3.05) is 0 Å². The predicted molar refractivity (Wildman–Crippen MR) is 117 cm³/mol. The van der Waals surface area contributed by atoms with Gasteiger partial charge < -0.3 is 0 Å². The number of rotatable bonds is 2. The molecule has 0 nitrogen and oxygen atoms in total. The summed E-state index contributed by atoms with van der Waals surface area (Å²) in [5, 5.41) is 0. The van der Waals surface area contributed by atoms with Gasteiger partial charge in [-0.25, -0.2) is 0 Å². The van der Waals surface area contributed by atoms with E-state index < -0.39 is 0 Å². The molecule has 0 heterocycles. The third-order valence-electron chi connectivity index (χ3n) is 5.72. The molecule has 0 saturated carbocycles. The Labute approximate surface area is 162 Å². The van der Waals surface area contributed by atoms with Crippen molar-refractivity contribution in [2.24, 2.45) is 16.2 Å². The average Bonchev–Trinajstić information content (AvgIpc) is 2.58. The highest BCUT2D eigenvalue weighted by molar-refractivity contribution is 5.53. The molecule has 0 fully saturated rings. The van der Waals surface area contributed by atoms with E-state index in [1.165, 1.54) is 22.3 Å². The van der Waals surface area contributed by atoms with Crippen LogP contribution in [0.1, 0.15) is 75.2 Å². The summed E-state index contributed by atoms with van der Waals surface area (Å²) in [4.78, 5) is 0. The Morgan fingerprint density at radius 1 is 1.08 bits per heavy atom. The summed E-state index contributed by atoms with van der Waals surface area (Å²) in [6.45, 7) is 20.9. The highest BCUT2D eigenvalue weighted by Crippen LogP contribution is 2.49. The van der Waals surface area contributed by atoms with Crippen molar-refractivity contribution in [1.82, 2.24) is 0 Å². The molecule has 2 aliphatic rings. The lowest BCUT2D eigenvalue weighted by molar-refractivity contribution is 0.492. The summed E-state index contributed by atoms with van der Waals surface area (Å²) in [6.07, 6.45) is 18.5. The maximum Gasteiger partial charge on any atom is 0.0117 e. The second-order valence-electron chi connectivity index (χ2n) is 10.1. The summed E-state index contributed by atoms with van der Waals surface area (Å²) < 4.78 is 0. The fourth-order valence-electron chi connectivity index (χ4n) is 4.03. The van der Waals surface area contributed by atoms with Crippen LogP contribution in [-0.4, -0.2) is 0 Å². The molecule has 0 unspecified atom stereocenters. The first kappa shape index (κ1) is 20.7. The van der Waals surface area contributed by atoms with Gasteiger partial charge >= 0.3 is 0 Å². The van der Waals surface area contributed by atoms with Crippen LogP contribution in [0, 0.1) is 16.2 Å². The Bertz CT molecular complexity index is 731. The summed E-state index contributed by atoms with van der Waals surface area (Å²) >= 11 is 0. The molecule has 26 heavy (non-hydrogen) atoms. The lowest BCUT2D eigenvalue weighted by atomic mass is 9.67. The van der Waals surface area contributed by atoms with Crippen molar-refractivity contribution in [3.05, 3.63) is 70.4 Å². The lowest BCUT2D eigenvalue weighted by Gasteiger charge is -2.37. The fourth-order valence-corrected chi connectivity index (χ4v) is 4.03. The van der Waals surface area contributed by atoms with Crippen molar-refractivity contribution >= 4 is 0 Å². The Balaban J connectivity index is 2.73. The third-order valence-corrected chi connectivity index (χ3v) is 5.72. The van der Waals surface area contributed by atoms with Gasteiger partial charge in [0, 0.05) is 10.8 Å². The van der Waals surface area contributed by atoms with Crippen molar-refractivity contribution in [2.45, 2.75) is 75.2 Å². The second kappa shape index (κ2) is 7.22. The Hall–Kier alpha value is -1.56. The second-order valence-corrected chi connectivity index (χ2v) is 10.1. The first-order valence-corrected chi connectivity index (χ1v) is 10.1. The zero-order chi connectivity index (χ0) is 19.8. The van der Waals surface area contributed by atoms with Crippen LogP contribution in [0.25, 0.3) is 0 Å².